The Labute approximate surface area is 121 Å². The Morgan fingerprint density at radius 1 is 1.29 bits per heavy atom. The number of para-hydroxylation sites is 1. The van der Waals surface area contributed by atoms with Crippen molar-refractivity contribution < 1.29 is 9.18 Å². The van der Waals surface area contributed by atoms with Gasteiger partial charge in [-0.1, -0.05) is 25.1 Å². The van der Waals surface area contributed by atoms with Gasteiger partial charge in [-0.25, -0.2) is 4.39 Å². The van der Waals surface area contributed by atoms with Crippen LogP contribution in [-0.2, 0) is 6.42 Å². The van der Waals surface area contributed by atoms with Crippen molar-refractivity contribution in [2.75, 3.05) is 5.73 Å². The van der Waals surface area contributed by atoms with E-state index in [2.05, 4.69) is 11.9 Å². The number of aromatic nitrogens is 1. The summed E-state index contributed by atoms with van der Waals surface area (Å²) >= 11 is 0. The number of nitrogen functional groups attached to an aromatic ring is 1. The molecule has 1 heterocycles. The fourth-order valence-corrected chi connectivity index (χ4v) is 2.52. The highest BCUT2D eigenvalue weighted by atomic mass is 19.1. The van der Waals surface area contributed by atoms with Crippen LogP contribution in [0.1, 0.15) is 28.4 Å². The Hall–Kier alpha value is -2.62. The molecular weight excluding hydrogens is 267 g/mol. The molecule has 0 aliphatic heterocycles. The maximum atomic E-state index is 13.5. The second-order valence-electron chi connectivity index (χ2n) is 4.96. The molecule has 2 aromatic carbocycles. The minimum absolute atomic E-state index is 0.0405. The molecule has 3 nitrogen and oxygen atoms in total. The molecule has 3 N–H and O–H groups in total. The molecule has 0 atom stereocenters. The summed E-state index contributed by atoms with van der Waals surface area (Å²) in [5.41, 5.74) is 8.43. The maximum absolute atomic E-state index is 13.5. The molecule has 0 spiro atoms. The van der Waals surface area contributed by atoms with Gasteiger partial charge in [-0.3, -0.25) is 4.79 Å². The number of H-pyrrole nitrogens is 1. The Morgan fingerprint density at radius 2 is 2.10 bits per heavy atom. The van der Waals surface area contributed by atoms with Gasteiger partial charge >= 0.3 is 0 Å². The highest BCUT2D eigenvalue weighted by Gasteiger charge is 2.16. The van der Waals surface area contributed by atoms with Gasteiger partial charge in [0.15, 0.2) is 5.78 Å². The second-order valence-corrected chi connectivity index (χ2v) is 4.96. The van der Waals surface area contributed by atoms with Crippen LogP contribution in [0.4, 0.5) is 10.1 Å². The van der Waals surface area contributed by atoms with Crippen molar-refractivity contribution >= 4 is 22.4 Å². The van der Waals surface area contributed by atoms with Gasteiger partial charge in [0.2, 0.25) is 0 Å². The number of ketones is 1. The number of aromatic amines is 1. The summed E-state index contributed by atoms with van der Waals surface area (Å²) < 4.78 is 13.5. The summed E-state index contributed by atoms with van der Waals surface area (Å²) in [5, 5.41) is 0.858. The summed E-state index contributed by atoms with van der Waals surface area (Å²) in [7, 11) is 0. The van der Waals surface area contributed by atoms with Crippen LogP contribution in [0, 0.1) is 5.82 Å². The Bertz CT molecular complexity index is 836. The average molecular weight is 282 g/mol. The third kappa shape index (κ3) is 2.18. The van der Waals surface area contributed by atoms with E-state index in [1.165, 1.54) is 12.1 Å². The van der Waals surface area contributed by atoms with Crippen molar-refractivity contribution in [1.29, 1.82) is 0 Å². The molecule has 0 aliphatic rings. The third-order valence-corrected chi connectivity index (χ3v) is 3.69. The molecular formula is C17H15FN2O. The van der Waals surface area contributed by atoms with E-state index in [0.717, 1.165) is 22.9 Å². The van der Waals surface area contributed by atoms with Gasteiger partial charge in [-0.15, -0.1) is 0 Å². The lowest BCUT2D eigenvalue weighted by Gasteiger charge is -2.03. The topological polar surface area (TPSA) is 58.9 Å². The van der Waals surface area contributed by atoms with Crippen LogP contribution in [0.2, 0.25) is 0 Å². The monoisotopic (exact) mass is 282 g/mol. The van der Waals surface area contributed by atoms with Crippen LogP contribution < -0.4 is 5.73 Å². The van der Waals surface area contributed by atoms with E-state index < -0.39 is 5.82 Å². The lowest BCUT2D eigenvalue weighted by Crippen LogP contribution is -2.02. The number of fused-ring (bicyclic) bond motifs is 1. The normalized spacial score (nSPS) is 11.0. The third-order valence-electron chi connectivity index (χ3n) is 3.69. The zero-order valence-corrected chi connectivity index (χ0v) is 11.6. The number of benzene rings is 2. The zero-order valence-electron chi connectivity index (χ0n) is 11.6. The van der Waals surface area contributed by atoms with Crippen molar-refractivity contribution in [3.8, 4) is 0 Å². The summed E-state index contributed by atoms with van der Waals surface area (Å²) in [6, 6.07) is 9.98. The molecule has 106 valence electrons. The number of nitrogens with two attached hydrogens (primary N) is 1. The molecule has 1 aromatic heterocycles. The van der Waals surface area contributed by atoms with Crippen molar-refractivity contribution in [3.63, 3.8) is 0 Å². The number of anilines is 1. The molecule has 0 fully saturated rings. The predicted octanol–water partition coefficient (Wildman–Crippen LogP) is 3.68. The summed E-state index contributed by atoms with van der Waals surface area (Å²) in [5.74, 6) is -0.789. The van der Waals surface area contributed by atoms with Crippen molar-refractivity contribution in [3.05, 3.63) is 65.1 Å². The Balaban J connectivity index is 2.11. The van der Waals surface area contributed by atoms with Gasteiger partial charge in [-0.05, 0) is 30.2 Å². The number of aryl methyl sites for hydroxylation is 1. The zero-order chi connectivity index (χ0) is 15.0. The van der Waals surface area contributed by atoms with Crippen LogP contribution in [0.5, 0.6) is 0 Å². The van der Waals surface area contributed by atoms with Crippen LogP contribution in [0.15, 0.2) is 42.6 Å². The molecule has 0 unspecified atom stereocenters. The number of hydrogen-bond acceptors (Lipinski definition) is 2. The molecule has 3 rings (SSSR count). The highest BCUT2D eigenvalue weighted by Crippen LogP contribution is 2.25. The number of carbonyl (C=O) groups is 1. The summed E-state index contributed by atoms with van der Waals surface area (Å²) in [4.78, 5) is 15.7. The van der Waals surface area contributed by atoms with Crippen LogP contribution in [0.3, 0.4) is 0 Å². The molecule has 21 heavy (non-hydrogen) atoms. The summed E-state index contributed by atoms with van der Waals surface area (Å²) in [6.07, 6.45) is 2.56. The molecule has 3 aromatic rings. The standard InChI is InChI=1S/C17H15FN2O/c1-2-10-4-3-5-12-13(9-20-16(10)12)17(21)11-6-7-15(19)14(18)8-11/h3-9,20H,2,19H2,1H3. The number of halogens is 1. The van der Waals surface area contributed by atoms with Gasteiger partial charge in [0, 0.05) is 28.2 Å². The van der Waals surface area contributed by atoms with Crippen LogP contribution in [-0.4, -0.2) is 10.8 Å². The molecule has 0 bridgehead atoms. The molecule has 0 amide bonds. The van der Waals surface area contributed by atoms with Crippen molar-refractivity contribution in [2.45, 2.75) is 13.3 Å². The lowest BCUT2D eigenvalue weighted by molar-refractivity contribution is 0.104. The first-order valence-electron chi connectivity index (χ1n) is 6.80. The van der Waals surface area contributed by atoms with E-state index in [4.69, 9.17) is 5.73 Å². The minimum Gasteiger partial charge on any atom is -0.396 e. The first kappa shape index (κ1) is 13.4. The molecule has 0 radical (unpaired) electrons. The van der Waals surface area contributed by atoms with Gasteiger partial charge < -0.3 is 10.7 Å². The second kappa shape index (κ2) is 5.05. The van der Waals surface area contributed by atoms with E-state index in [0.29, 0.717) is 11.1 Å². The molecule has 0 saturated heterocycles. The van der Waals surface area contributed by atoms with E-state index in [9.17, 15) is 9.18 Å². The predicted molar refractivity (Wildman–Crippen MR) is 81.9 cm³/mol. The largest absolute Gasteiger partial charge is 0.396 e. The fourth-order valence-electron chi connectivity index (χ4n) is 2.52. The van der Waals surface area contributed by atoms with Gasteiger partial charge in [0.25, 0.3) is 0 Å². The Morgan fingerprint density at radius 3 is 2.81 bits per heavy atom. The average Bonchev–Trinajstić information content (AvgIpc) is 2.93. The molecule has 0 saturated carbocycles. The van der Waals surface area contributed by atoms with E-state index in [1.807, 2.05) is 18.2 Å². The minimum atomic E-state index is -0.574. The first-order valence-corrected chi connectivity index (χ1v) is 6.80. The van der Waals surface area contributed by atoms with Crippen molar-refractivity contribution in [2.24, 2.45) is 0 Å². The lowest BCUT2D eigenvalue weighted by atomic mass is 10.0. The van der Waals surface area contributed by atoms with E-state index >= 15 is 0 Å². The van der Waals surface area contributed by atoms with E-state index in [-0.39, 0.29) is 11.5 Å². The van der Waals surface area contributed by atoms with Gasteiger partial charge in [0.05, 0.1) is 5.69 Å². The van der Waals surface area contributed by atoms with E-state index in [1.54, 1.807) is 12.3 Å². The smallest absolute Gasteiger partial charge is 0.195 e. The van der Waals surface area contributed by atoms with Crippen LogP contribution >= 0.6 is 0 Å². The number of rotatable bonds is 3. The SMILES string of the molecule is CCc1cccc2c(C(=O)c3ccc(N)c(F)c3)c[nH]c12. The first-order chi connectivity index (χ1) is 10.1. The molecule has 4 heteroatoms. The van der Waals surface area contributed by atoms with Gasteiger partial charge in [0.1, 0.15) is 5.82 Å². The Kier molecular flexibility index (Phi) is 3.22. The maximum Gasteiger partial charge on any atom is 0.195 e. The van der Waals surface area contributed by atoms with Crippen molar-refractivity contribution in [1.82, 2.24) is 4.98 Å². The number of carbonyl (C=O) groups excluding carboxylic acids is 1. The van der Waals surface area contributed by atoms with Crippen LogP contribution in [0.25, 0.3) is 10.9 Å². The quantitative estimate of drug-likeness (QED) is 0.568. The van der Waals surface area contributed by atoms with Gasteiger partial charge in [-0.2, -0.15) is 0 Å². The number of nitrogens with one attached hydrogen (secondary N) is 1. The number of hydrogen-bond donors (Lipinski definition) is 2. The highest BCUT2D eigenvalue weighted by molar-refractivity contribution is 6.16. The summed E-state index contributed by atoms with van der Waals surface area (Å²) in [6.45, 7) is 2.06. The molecule has 0 aliphatic carbocycles. The fraction of sp³-hybridized carbons (Fsp3) is 0.118.